The minimum Gasteiger partial charge on any atom is -0.482 e. The number of carbonyl (C=O) groups excluding carboxylic acids is 1. The Labute approximate surface area is 130 Å². The van der Waals surface area contributed by atoms with Crippen molar-refractivity contribution in [3.8, 4) is 16.9 Å². The predicted molar refractivity (Wildman–Crippen MR) is 84.6 cm³/mol. The second kappa shape index (κ2) is 7.61. The molecule has 0 saturated heterocycles. The Morgan fingerprint density at radius 2 is 1.86 bits per heavy atom. The van der Waals surface area contributed by atoms with Crippen LogP contribution in [-0.2, 0) is 9.53 Å². The van der Waals surface area contributed by atoms with Gasteiger partial charge in [0.25, 0.3) is 0 Å². The van der Waals surface area contributed by atoms with E-state index in [0.29, 0.717) is 12.4 Å². The highest BCUT2D eigenvalue weighted by molar-refractivity contribution is 5.71. The van der Waals surface area contributed by atoms with Gasteiger partial charge < -0.3 is 14.6 Å². The van der Waals surface area contributed by atoms with Crippen LogP contribution in [0.3, 0.4) is 0 Å². The van der Waals surface area contributed by atoms with E-state index >= 15 is 0 Å². The Morgan fingerprint density at radius 3 is 2.50 bits per heavy atom. The standard InChI is InChI=1S/C18H20O4/c1-3-21-18(20)12-22-17-9-7-14(8-10-17)16-6-4-5-15(11-16)13(2)19/h4-11,13,19H,3,12H2,1-2H3. The SMILES string of the molecule is CCOC(=O)COc1ccc(-c2cccc(C(C)O)c2)cc1. The molecule has 0 aliphatic heterocycles. The fourth-order valence-corrected chi connectivity index (χ4v) is 2.07. The molecule has 0 heterocycles. The zero-order chi connectivity index (χ0) is 15.9. The molecule has 1 atom stereocenters. The van der Waals surface area contributed by atoms with Gasteiger partial charge >= 0.3 is 5.97 Å². The van der Waals surface area contributed by atoms with E-state index < -0.39 is 6.10 Å². The number of aliphatic hydroxyl groups excluding tert-OH is 1. The Morgan fingerprint density at radius 1 is 1.14 bits per heavy atom. The third-order valence-corrected chi connectivity index (χ3v) is 3.22. The third kappa shape index (κ3) is 4.33. The number of hydrogen-bond donors (Lipinski definition) is 1. The van der Waals surface area contributed by atoms with Gasteiger partial charge in [0.05, 0.1) is 12.7 Å². The highest BCUT2D eigenvalue weighted by Crippen LogP contribution is 2.25. The van der Waals surface area contributed by atoms with E-state index in [1.165, 1.54) is 0 Å². The van der Waals surface area contributed by atoms with Gasteiger partial charge in [0.15, 0.2) is 6.61 Å². The van der Waals surface area contributed by atoms with Gasteiger partial charge in [-0.05, 0) is 48.7 Å². The van der Waals surface area contributed by atoms with Gasteiger partial charge in [-0.3, -0.25) is 0 Å². The molecule has 0 aliphatic carbocycles. The van der Waals surface area contributed by atoms with Gasteiger partial charge in [0, 0.05) is 0 Å². The van der Waals surface area contributed by atoms with Crippen LogP contribution in [0.5, 0.6) is 5.75 Å². The molecular weight excluding hydrogens is 280 g/mol. The first-order valence-electron chi connectivity index (χ1n) is 7.27. The van der Waals surface area contributed by atoms with Crippen molar-refractivity contribution in [3.63, 3.8) is 0 Å². The van der Waals surface area contributed by atoms with Crippen LogP contribution in [0.2, 0.25) is 0 Å². The molecule has 1 unspecified atom stereocenters. The smallest absolute Gasteiger partial charge is 0.344 e. The van der Waals surface area contributed by atoms with Crippen molar-refractivity contribution < 1.29 is 19.4 Å². The largest absolute Gasteiger partial charge is 0.482 e. The summed E-state index contributed by atoms with van der Waals surface area (Å²) < 4.78 is 10.2. The van der Waals surface area contributed by atoms with E-state index in [-0.39, 0.29) is 12.6 Å². The molecule has 0 radical (unpaired) electrons. The lowest BCUT2D eigenvalue weighted by molar-refractivity contribution is -0.145. The third-order valence-electron chi connectivity index (χ3n) is 3.22. The van der Waals surface area contributed by atoms with Crippen molar-refractivity contribution >= 4 is 5.97 Å². The molecule has 2 rings (SSSR count). The lowest BCUT2D eigenvalue weighted by Crippen LogP contribution is -2.14. The Hall–Kier alpha value is -2.33. The molecule has 22 heavy (non-hydrogen) atoms. The maximum absolute atomic E-state index is 11.2. The monoisotopic (exact) mass is 300 g/mol. The Bertz CT molecular complexity index is 617. The summed E-state index contributed by atoms with van der Waals surface area (Å²) >= 11 is 0. The van der Waals surface area contributed by atoms with E-state index in [0.717, 1.165) is 16.7 Å². The summed E-state index contributed by atoms with van der Waals surface area (Å²) in [5.74, 6) is 0.236. The molecule has 0 amide bonds. The van der Waals surface area contributed by atoms with E-state index in [4.69, 9.17) is 9.47 Å². The van der Waals surface area contributed by atoms with Gasteiger partial charge in [-0.15, -0.1) is 0 Å². The molecule has 0 saturated carbocycles. The van der Waals surface area contributed by atoms with E-state index in [1.54, 1.807) is 13.8 Å². The second-order valence-corrected chi connectivity index (χ2v) is 4.92. The summed E-state index contributed by atoms with van der Waals surface area (Å²) in [6, 6.07) is 15.2. The van der Waals surface area contributed by atoms with Crippen LogP contribution in [0.25, 0.3) is 11.1 Å². The van der Waals surface area contributed by atoms with Crippen molar-refractivity contribution in [3.05, 3.63) is 54.1 Å². The topological polar surface area (TPSA) is 55.8 Å². The molecule has 0 spiro atoms. The van der Waals surface area contributed by atoms with Crippen LogP contribution in [0.1, 0.15) is 25.5 Å². The predicted octanol–water partition coefficient (Wildman–Crippen LogP) is 3.35. The molecule has 4 heteroatoms. The first-order valence-corrected chi connectivity index (χ1v) is 7.27. The summed E-state index contributed by atoms with van der Waals surface area (Å²) in [6.45, 7) is 3.75. The molecule has 2 aromatic rings. The van der Waals surface area contributed by atoms with Crippen molar-refractivity contribution in [1.82, 2.24) is 0 Å². The summed E-state index contributed by atoms with van der Waals surface area (Å²) in [4.78, 5) is 11.2. The molecule has 116 valence electrons. The number of esters is 1. The molecule has 4 nitrogen and oxygen atoms in total. The van der Waals surface area contributed by atoms with E-state index in [2.05, 4.69) is 0 Å². The highest BCUT2D eigenvalue weighted by atomic mass is 16.6. The summed E-state index contributed by atoms with van der Waals surface area (Å²) in [7, 11) is 0. The van der Waals surface area contributed by atoms with Crippen LogP contribution < -0.4 is 4.74 Å². The number of aliphatic hydroxyl groups is 1. The lowest BCUT2D eigenvalue weighted by atomic mass is 10.0. The summed E-state index contributed by atoms with van der Waals surface area (Å²) in [5, 5.41) is 9.64. The molecular formula is C18H20O4. The number of ether oxygens (including phenoxy) is 2. The van der Waals surface area contributed by atoms with Crippen molar-refractivity contribution in [2.24, 2.45) is 0 Å². The minimum atomic E-state index is -0.493. The van der Waals surface area contributed by atoms with Crippen molar-refractivity contribution in [2.75, 3.05) is 13.2 Å². The molecule has 1 N–H and O–H groups in total. The zero-order valence-corrected chi connectivity index (χ0v) is 12.8. The van der Waals surface area contributed by atoms with Gasteiger partial charge in [-0.1, -0.05) is 30.3 Å². The number of benzene rings is 2. The first-order chi connectivity index (χ1) is 10.6. The Kier molecular flexibility index (Phi) is 5.55. The molecule has 0 bridgehead atoms. The highest BCUT2D eigenvalue weighted by Gasteiger charge is 2.05. The van der Waals surface area contributed by atoms with Crippen molar-refractivity contribution in [2.45, 2.75) is 20.0 Å². The summed E-state index contributed by atoms with van der Waals surface area (Å²) in [6.07, 6.45) is -0.493. The fourth-order valence-electron chi connectivity index (χ4n) is 2.07. The fraction of sp³-hybridized carbons (Fsp3) is 0.278. The molecule has 0 fully saturated rings. The lowest BCUT2D eigenvalue weighted by Gasteiger charge is -2.09. The first kappa shape index (κ1) is 16.0. The van der Waals surface area contributed by atoms with Gasteiger partial charge in [0.1, 0.15) is 5.75 Å². The van der Waals surface area contributed by atoms with Crippen LogP contribution in [0, 0.1) is 0 Å². The minimum absolute atomic E-state index is 0.0926. The second-order valence-electron chi connectivity index (χ2n) is 4.92. The average Bonchev–Trinajstić information content (AvgIpc) is 2.54. The maximum Gasteiger partial charge on any atom is 0.344 e. The normalized spacial score (nSPS) is 11.8. The average molecular weight is 300 g/mol. The van der Waals surface area contributed by atoms with Crippen molar-refractivity contribution in [1.29, 1.82) is 0 Å². The van der Waals surface area contributed by atoms with Gasteiger partial charge in [-0.2, -0.15) is 0 Å². The summed E-state index contributed by atoms with van der Waals surface area (Å²) in [5.41, 5.74) is 2.92. The number of carbonyl (C=O) groups is 1. The van der Waals surface area contributed by atoms with Crippen LogP contribution in [-0.4, -0.2) is 24.3 Å². The van der Waals surface area contributed by atoms with Crippen LogP contribution in [0.15, 0.2) is 48.5 Å². The maximum atomic E-state index is 11.2. The molecule has 2 aromatic carbocycles. The van der Waals surface area contributed by atoms with Crippen LogP contribution in [0.4, 0.5) is 0 Å². The van der Waals surface area contributed by atoms with E-state index in [9.17, 15) is 9.90 Å². The van der Waals surface area contributed by atoms with Gasteiger partial charge in [-0.25, -0.2) is 4.79 Å². The van der Waals surface area contributed by atoms with Gasteiger partial charge in [0.2, 0.25) is 0 Å². The zero-order valence-electron chi connectivity index (χ0n) is 12.8. The molecule has 0 aliphatic rings. The van der Waals surface area contributed by atoms with Crippen LogP contribution >= 0.6 is 0 Å². The Balaban J connectivity index is 2.05. The number of rotatable bonds is 6. The number of hydrogen-bond acceptors (Lipinski definition) is 4. The quantitative estimate of drug-likeness (QED) is 0.831. The molecule has 0 aromatic heterocycles. The van der Waals surface area contributed by atoms with E-state index in [1.807, 2.05) is 48.5 Å².